The van der Waals surface area contributed by atoms with Crippen LogP contribution in [0.4, 0.5) is 4.39 Å². The monoisotopic (exact) mass is 358 g/mol. The molecule has 0 atom stereocenters. The second kappa shape index (κ2) is 6.61. The first-order valence-electron chi connectivity index (χ1n) is 8.43. The molecule has 0 unspecified atom stereocenters. The largest absolute Gasteiger partial charge is 0.293 e. The molecule has 132 valence electrons. The minimum Gasteiger partial charge on any atom is -0.293 e. The number of aromatic nitrogens is 2. The average molecular weight is 358 g/mol. The maximum Gasteiger partial charge on any atom is 0.197 e. The number of fused-ring (bicyclic) bond motifs is 1. The molecule has 0 bridgehead atoms. The summed E-state index contributed by atoms with van der Waals surface area (Å²) in [6, 6.07) is 18.7. The highest BCUT2D eigenvalue weighted by molar-refractivity contribution is 6.19. The van der Waals surface area contributed by atoms with Gasteiger partial charge in [-0.15, -0.1) is 0 Å². The molecular weight excluding hydrogens is 343 g/mol. The summed E-state index contributed by atoms with van der Waals surface area (Å²) in [5.74, 6) is -0.949. The molecule has 0 saturated heterocycles. The van der Waals surface area contributed by atoms with Gasteiger partial charge in [0.1, 0.15) is 11.5 Å². The van der Waals surface area contributed by atoms with Crippen LogP contribution >= 0.6 is 0 Å². The van der Waals surface area contributed by atoms with Gasteiger partial charge in [-0.1, -0.05) is 42.5 Å². The summed E-state index contributed by atoms with van der Waals surface area (Å²) < 4.78 is 14.6. The maximum absolute atomic E-state index is 13.2. The van der Waals surface area contributed by atoms with Crippen LogP contribution in [0.3, 0.4) is 0 Å². The number of rotatable bonds is 4. The highest BCUT2D eigenvalue weighted by atomic mass is 19.1. The van der Waals surface area contributed by atoms with Gasteiger partial charge in [0.2, 0.25) is 0 Å². The van der Waals surface area contributed by atoms with E-state index >= 15 is 0 Å². The Morgan fingerprint density at radius 3 is 2.33 bits per heavy atom. The molecule has 1 heterocycles. The van der Waals surface area contributed by atoms with Crippen molar-refractivity contribution in [1.82, 2.24) is 9.78 Å². The maximum atomic E-state index is 13.2. The number of ketones is 2. The van der Waals surface area contributed by atoms with E-state index in [1.165, 1.54) is 29.9 Å². The van der Waals surface area contributed by atoms with Crippen LogP contribution in [-0.2, 0) is 0 Å². The molecule has 0 spiro atoms. The van der Waals surface area contributed by atoms with Crippen molar-refractivity contribution in [2.75, 3.05) is 0 Å². The summed E-state index contributed by atoms with van der Waals surface area (Å²) in [5, 5.41) is 6.02. The lowest BCUT2D eigenvalue weighted by molar-refractivity contribution is 0.0987. The van der Waals surface area contributed by atoms with Crippen molar-refractivity contribution in [2.24, 2.45) is 0 Å². The standard InChI is InChI=1S/C22H15FN2O2/c1-14(26)21-20(13-25(24-21)17-11-9-16(23)10-12-17)22(27)19-8-4-6-15-5-2-3-7-18(15)19/h2-13H,1H3. The lowest BCUT2D eigenvalue weighted by atomic mass is 9.97. The molecular formula is C22H15FN2O2. The molecule has 4 aromatic rings. The zero-order chi connectivity index (χ0) is 19.0. The van der Waals surface area contributed by atoms with Crippen LogP contribution < -0.4 is 0 Å². The van der Waals surface area contributed by atoms with Crippen LogP contribution in [0, 0.1) is 5.82 Å². The number of hydrogen-bond donors (Lipinski definition) is 0. The number of halogens is 1. The Balaban J connectivity index is 1.86. The number of carbonyl (C=O) groups is 2. The van der Waals surface area contributed by atoms with E-state index < -0.39 is 0 Å². The summed E-state index contributed by atoms with van der Waals surface area (Å²) >= 11 is 0. The first kappa shape index (κ1) is 16.8. The van der Waals surface area contributed by atoms with Gasteiger partial charge in [0.05, 0.1) is 11.3 Å². The van der Waals surface area contributed by atoms with Crippen LogP contribution in [0.25, 0.3) is 16.5 Å². The number of hydrogen-bond acceptors (Lipinski definition) is 3. The molecule has 4 rings (SSSR count). The van der Waals surface area contributed by atoms with Crippen LogP contribution in [0.5, 0.6) is 0 Å². The van der Waals surface area contributed by atoms with Gasteiger partial charge >= 0.3 is 0 Å². The summed E-state index contributed by atoms with van der Waals surface area (Å²) in [5.41, 5.74) is 1.39. The normalized spacial score (nSPS) is 10.9. The molecule has 4 nitrogen and oxygen atoms in total. The van der Waals surface area contributed by atoms with Crippen molar-refractivity contribution >= 4 is 22.3 Å². The second-order valence-electron chi connectivity index (χ2n) is 6.22. The van der Waals surface area contributed by atoms with E-state index in [9.17, 15) is 14.0 Å². The Hall–Kier alpha value is -3.60. The smallest absolute Gasteiger partial charge is 0.197 e. The van der Waals surface area contributed by atoms with Crippen molar-refractivity contribution in [3.05, 3.63) is 95.6 Å². The van der Waals surface area contributed by atoms with E-state index in [4.69, 9.17) is 0 Å². The number of Topliss-reactive ketones (excluding diaryl/α,β-unsaturated/α-hetero) is 1. The van der Waals surface area contributed by atoms with Crippen molar-refractivity contribution in [3.8, 4) is 5.69 Å². The van der Waals surface area contributed by atoms with E-state index in [1.54, 1.807) is 18.2 Å². The molecule has 1 aromatic heterocycles. The molecule has 0 saturated carbocycles. The van der Waals surface area contributed by atoms with Gasteiger partial charge < -0.3 is 0 Å². The van der Waals surface area contributed by atoms with Gasteiger partial charge in [-0.25, -0.2) is 9.07 Å². The summed E-state index contributed by atoms with van der Waals surface area (Å²) in [6.45, 7) is 1.37. The highest BCUT2D eigenvalue weighted by Gasteiger charge is 2.22. The minimum atomic E-state index is -0.371. The predicted molar refractivity (Wildman–Crippen MR) is 101 cm³/mol. The Kier molecular flexibility index (Phi) is 4.12. The minimum absolute atomic E-state index is 0.0947. The molecule has 0 aliphatic heterocycles. The molecule has 3 aromatic carbocycles. The van der Waals surface area contributed by atoms with Gasteiger partial charge in [0.25, 0.3) is 0 Å². The molecule has 0 fully saturated rings. The summed E-state index contributed by atoms with van der Waals surface area (Å²) in [4.78, 5) is 25.3. The fraction of sp³-hybridized carbons (Fsp3) is 0.0455. The molecule has 0 aliphatic carbocycles. The molecule has 5 heteroatoms. The quantitative estimate of drug-likeness (QED) is 0.501. The van der Waals surface area contributed by atoms with Gasteiger partial charge in [-0.3, -0.25) is 9.59 Å². The fourth-order valence-electron chi connectivity index (χ4n) is 3.09. The first-order chi connectivity index (χ1) is 13.0. The lowest BCUT2D eigenvalue weighted by Crippen LogP contribution is -2.07. The second-order valence-corrected chi connectivity index (χ2v) is 6.22. The van der Waals surface area contributed by atoms with Crippen molar-refractivity contribution < 1.29 is 14.0 Å². The Labute approximate surface area is 154 Å². The Morgan fingerprint density at radius 1 is 0.889 bits per heavy atom. The Bertz CT molecular complexity index is 1170. The number of nitrogens with zero attached hydrogens (tertiary/aromatic N) is 2. The lowest BCUT2D eigenvalue weighted by Gasteiger charge is -2.05. The van der Waals surface area contributed by atoms with Crippen LogP contribution in [0.15, 0.2) is 72.9 Å². The number of benzene rings is 3. The predicted octanol–water partition coefficient (Wildman–Crippen LogP) is 4.60. The third-order valence-electron chi connectivity index (χ3n) is 4.42. The Morgan fingerprint density at radius 2 is 1.59 bits per heavy atom. The van der Waals surface area contributed by atoms with Gasteiger partial charge in [0.15, 0.2) is 11.6 Å². The van der Waals surface area contributed by atoms with Gasteiger partial charge in [-0.2, -0.15) is 5.10 Å². The SMILES string of the molecule is CC(=O)c1nn(-c2ccc(F)cc2)cc1C(=O)c1cccc2ccccc12. The van der Waals surface area contributed by atoms with Gasteiger partial charge in [0, 0.05) is 18.7 Å². The molecule has 0 aliphatic rings. The highest BCUT2D eigenvalue weighted by Crippen LogP contribution is 2.23. The van der Waals surface area contributed by atoms with Crippen molar-refractivity contribution in [2.45, 2.75) is 6.92 Å². The van der Waals surface area contributed by atoms with E-state index in [2.05, 4.69) is 5.10 Å². The summed E-state index contributed by atoms with van der Waals surface area (Å²) in [6.07, 6.45) is 1.52. The number of carbonyl (C=O) groups excluding carboxylic acids is 2. The summed E-state index contributed by atoms with van der Waals surface area (Å²) in [7, 11) is 0. The fourth-order valence-corrected chi connectivity index (χ4v) is 3.09. The third kappa shape index (κ3) is 3.04. The van der Waals surface area contributed by atoms with E-state index in [1.807, 2.05) is 36.4 Å². The van der Waals surface area contributed by atoms with E-state index in [0.717, 1.165) is 10.8 Å². The van der Waals surface area contributed by atoms with Gasteiger partial charge in [-0.05, 0) is 35.0 Å². The topological polar surface area (TPSA) is 52.0 Å². The zero-order valence-corrected chi connectivity index (χ0v) is 14.5. The van der Waals surface area contributed by atoms with Crippen molar-refractivity contribution in [1.29, 1.82) is 0 Å². The molecule has 0 amide bonds. The van der Waals surface area contributed by atoms with Crippen LogP contribution in [-0.4, -0.2) is 21.3 Å². The third-order valence-corrected chi connectivity index (χ3v) is 4.42. The average Bonchev–Trinajstić information content (AvgIpc) is 3.13. The zero-order valence-electron chi connectivity index (χ0n) is 14.5. The van der Waals surface area contributed by atoms with E-state index in [0.29, 0.717) is 11.3 Å². The molecule has 0 N–H and O–H groups in total. The van der Waals surface area contributed by atoms with Crippen molar-refractivity contribution in [3.63, 3.8) is 0 Å². The molecule has 27 heavy (non-hydrogen) atoms. The molecule has 0 radical (unpaired) electrons. The van der Waals surface area contributed by atoms with Crippen LogP contribution in [0.1, 0.15) is 33.3 Å². The van der Waals surface area contributed by atoms with Crippen LogP contribution in [0.2, 0.25) is 0 Å². The van der Waals surface area contributed by atoms with E-state index in [-0.39, 0.29) is 28.6 Å². The first-order valence-corrected chi connectivity index (χ1v) is 8.43.